The molecule has 234 valence electrons. The molecule has 0 N–H and O–H groups in total. The van der Waals surface area contributed by atoms with Crippen molar-refractivity contribution in [2.24, 2.45) is 0 Å². The average Bonchev–Trinajstić information content (AvgIpc) is 3.52. The molecule has 10 rings (SSSR count). The van der Waals surface area contributed by atoms with Crippen LogP contribution in [0.15, 0.2) is 194 Å². The van der Waals surface area contributed by atoms with Gasteiger partial charge in [0.1, 0.15) is 0 Å². The smallest absolute Gasteiger partial charge is 0.0562 e. The fraction of sp³-hybridized carbons (Fsp3) is 0. The van der Waals surface area contributed by atoms with Gasteiger partial charge < -0.3 is 9.47 Å². The number of hydrogen-bond donors (Lipinski definition) is 0. The molecule has 9 aromatic carbocycles. The third-order valence-electron chi connectivity index (χ3n) is 10.1. The molecule has 0 amide bonds. The Morgan fingerprint density at radius 3 is 1.48 bits per heavy atom. The molecule has 2 nitrogen and oxygen atoms in total. The first kappa shape index (κ1) is 28.4. The topological polar surface area (TPSA) is 8.17 Å². The number of anilines is 3. The van der Waals surface area contributed by atoms with Crippen LogP contribution in [-0.2, 0) is 0 Å². The first-order chi connectivity index (χ1) is 24.8. The fourth-order valence-corrected chi connectivity index (χ4v) is 7.95. The lowest BCUT2D eigenvalue weighted by Gasteiger charge is -2.26. The number of aromatic nitrogens is 1. The molecule has 0 unspecified atom stereocenters. The summed E-state index contributed by atoms with van der Waals surface area (Å²) in [6.45, 7) is 0. The quantitative estimate of drug-likeness (QED) is 0.171. The molecule has 0 atom stereocenters. The summed E-state index contributed by atoms with van der Waals surface area (Å²) in [5.74, 6) is 0. The van der Waals surface area contributed by atoms with E-state index in [1.165, 1.54) is 65.3 Å². The van der Waals surface area contributed by atoms with Gasteiger partial charge in [0.2, 0.25) is 0 Å². The van der Waals surface area contributed by atoms with Crippen molar-refractivity contribution in [1.82, 2.24) is 4.57 Å². The number of para-hydroxylation sites is 3. The van der Waals surface area contributed by atoms with Crippen LogP contribution < -0.4 is 4.90 Å². The van der Waals surface area contributed by atoms with Gasteiger partial charge in [-0.15, -0.1) is 0 Å². The number of rotatable bonds is 5. The summed E-state index contributed by atoms with van der Waals surface area (Å²) >= 11 is 0. The van der Waals surface area contributed by atoms with Gasteiger partial charge >= 0.3 is 0 Å². The summed E-state index contributed by atoms with van der Waals surface area (Å²) in [5.41, 5.74) is 9.27. The maximum absolute atomic E-state index is 2.44. The molecule has 1 heterocycles. The molecule has 0 aliphatic rings. The molecular weight excluding hydrogens is 605 g/mol. The van der Waals surface area contributed by atoms with E-state index in [0.29, 0.717) is 0 Å². The molecule has 0 saturated carbocycles. The Kier molecular flexibility index (Phi) is 6.53. The van der Waals surface area contributed by atoms with Gasteiger partial charge in [0.05, 0.1) is 16.7 Å². The van der Waals surface area contributed by atoms with Gasteiger partial charge in [-0.25, -0.2) is 0 Å². The molecule has 0 spiro atoms. The molecule has 0 aliphatic heterocycles. The van der Waals surface area contributed by atoms with Gasteiger partial charge in [-0.05, 0) is 86.4 Å². The van der Waals surface area contributed by atoms with Gasteiger partial charge in [0.15, 0.2) is 0 Å². The lowest BCUT2D eigenvalue weighted by atomic mass is 9.94. The van der Waals surface area contributed by atoms with E-state index in [9.17, 15) is 0 Å². The van der Waals surface area contributed by atoms with E-state index in [0.717, 1.165) is 22.7 Å². The Morgan fingerprint density at radius 1 is 0.300 bits per heavy atom. The highest BCUT2D eigenvalue weighted by atomic mass is 15.1. The number of nitrogens with zero attached hydrogens (tertiary/aromatic N) is 2. The van der Waals surface area contributed by atoms with Crippen LogP contribution >= 0.6 is 0 Å². The van der Waals surface area contributed by atoms with Crippen molar-refractivity contribution >= 4 is 71.2 Å². The lowest BCUT2D eigenvalue weighted by Crippen LogP contribution is -2.10. The van der Waals surface area contributed by atoms with E-state index in [1.807, 2.05) is 0 Å². The van der Waals surface area contributed by atoms with Crippen molar-refractivity contribution in [2.75, 3.05) is 4.90 Å². The highest BCUT2D eigenvalue weighted by molar-refractivity contribution is 6.25. The summed E-state index contributed by atoms with van der Waals surface area (Å²) in [4.78, 5) is 2.40. The van der Waals surface area contributed by atoms with Gasteiger partial charge in [0.25, 0.3) is 0 Å². The van der Waals surface area contributed by atoms with Crippen LogP contribution in [0.5, 0.6) is 0 Å². The maximum Gasteiger partial charge on any atom is 0.0562 e. The second-order valence-corrected chi connectivity index (χ2v) is 12.9. The van der Waals surface area contributed by atoms with Crippen molar-refractivity contribution in [2.45, 2.75) is 0 Å². The van der Waals surface area contributed by atoms with Crippen LogP contribution in [0, 0.1) is 0 Å². The van der Waals surface area contributed by atoms with Gasteiger partial charge in [-0.2, -0.15) is 0 Å². The molecule has 0 bridgehead atoms. The minimum absolute atomic E-state index is 1.11. The molecule has 10 aromatic rings. The summed E-state index contributed by atoms with van der Waals surface area (Å²) in [6.07, 6.45) is 0. The Hall–Kier alpha value is -6.64. The van der Waals surface area contributed by atoms with Crippen molar-refractivity contribution < 1.29 is 0 Å². The number of fused-ring (bicyclic) bond motifs is 9. The molecule has 0 saturated heterocycles. The van der Waals surface area contributed by atoms with Crippen molar-refractivity contribution in [1.29, 1.82) is 0 Å². The molecule has 1 aromatic heterocycles. The van der Waals surface area contributed by atoms with Crippen molar-refractivity contribution in [3.05, 3.63) is 194 Å². The summed E-state index contributed by atoms with van der Waals surface area (Å²) in [5, 5.41) is 10.1. The minimum Gasteiger partial charge on any atom is -0.310 e. The Bertz CT molecular complexity index is 2830. The van der Waals surface area contributed by atoms with E-state index < -0.39 is 0 Å². The maximum atomic E-state index is 2.44. The van der Waals surface area contributed by atoms with Crippen LogP contribution in [0.4, 0.5) is 17.1 Å². The van der Waals surface area contributed by atoms with Crippen LogP contribution in [0.2, 0.25) is 0 Å². The average molecular weight is 637 g/mol. The highest BCUT2D eigenvalue weighted by Gasteiger charge is 2.20. The van der Waals surface area contributed by atoms with Crippen LogP contribution in [-0.4, -0.2) is 4.57 Å². The van der Waals surface area contributed by atoms with E-state index in [1.54, 1.807) is 0 Å². The second kappa shape index (κ2) is 11.5. The fourth-order valence-electron chi connectivity index (χ4n) is 7.95. The largest absolute Gasteiger partial charge is 0.310 e. The SMILES string of the molecule is c1ccc(-c2ccccc2-n2c3ccccc3c3ccc(N(c4ccccc4)c4ccc5c6ccccc6c6ccccc6c5c4)cc32)cc1. The standard InChI is InChI=1S/C48H32N2/c1-3-15-33(16-4-1)37-19-11-13-25-46(37)50-47-26-14-12-24-43(47)44-30-28-36(32-48(44)50)49(34-17-5-2-6-18-34)35-27-29-42-40-22-8-7-20-38(40)39-21-9-10-23-41(39)45(42)31-35/h1-32H. The lowest BCUT2D eigenvalue weighted by molar-refractivity contribution is 1.18. The zero-order valence-electron chi connectivity index (χ0n) is 27.4. The Morgan fingerprint density at radius 2 is 0.780 bits per heavy atom. The normalized spacial score (nSPS) is 11.6. The van der Waals surface area contributed by atoms with Crippen molar-refractivity contribution in [3.8, 4) is 16.8 Å². The van der Waals surface area contributed by atoms with Gasteiger partial charge in [-0.1, -0.05) is 146 Å². The molecule has 2 heteroatoms. The zero-order chi connectivity index (χ0) is 33.0. The van der Waals surface area contributed by atoms with Gasteiger partial charge in [-0.3, -0.25) is 0 Å². The first-order valence-corrected chi connectivity index (χ1v) is 17.2. The second-order valence-electron chi connectivity index (χ2n) is 12.9. The van der Waals surface area contributed by atoms with E-state index in [-0.39, 0.29) is 0 Å². The van der Waals surface area contributed by atoms with Crippen LogP contribution in [0.3, 0.4) is 0 Å². The molecule has 0 radical (unpaired) electrons. The van der Waals surface area contributed by atoms with Crippen molar-refractivity contribution in [3.63, 3.8) is 0 Å². The monoisotopic (exact) mass is 636 g/mol. The van der Waals surface area contributed by atoms with Crippen LogP contribution in [0.1, 0.15) is 0 Å². The van der Waals surface area contributed by atoms with E-state index >= 15 is 0 Å². The molecule has 0 aliphatic carbocycles. The number of benzene rings is 9. The summed E-state index contributed by atoms with van der Waals surface area (Å²) in [6, 6.07) is 70.4. The Balaban J connectivity index is 1.25. The first-order valence-electron chi connectivity index (χ1n) is 17.2. The third kappa shape index (κ3) is 4.43. The van der Waals surface area contributed by atoms with E-state index in [4.69, 9.17) is 0 Å². The highest BCUT2D eigenvalue weighted by Crippen LogP contribution is 2.43. The predicted molar refractivity (Wildman–Crippen MR) is 213 cm³/mol. The molecular formula is C48H32N2. The zero-order valence-corrected chi connectivity index (χ0v) is 27.4. The minimum atomic E-state index is 1.11. The predicted octanol–water partition coefficient (Wildman–Crippen LogP) is 13.4. The third-order valence-corrected chi connectivity index (χ3v) is 10.1. The van der Waals surface area contributed by atoms with E-state index in [2.05, 4.69) is 204 Å². The molecule has 0 fully saturated rings. The summed E-state index contributed by atoms with van der Waals surface area (Å²) < 4.78 is 2.44. The molecule has 50 heavy (non-hydrogen) atoms. The van der Waals surface area contributed by atoms with Gasteiger partial charge in [0, 0.05) is 33.4 Å². The Labute approximate surface area is 290 Å². The summed E-state index contributed by atoms with van der Waals surface area (Å²) in [7, 11) is 0. The van der Waals surface area contributed by atoms with Crippen LogP contribution in [0.25, 0.3) is 70.9 Å². The number of hydrogen-bond acceptors (Lipinski definition) is 1.